The summed E-state index contributed by atoms with van der Waals surface area (Å²) in [5, 5.41) is 1.31. The first kappa shape index (κ1) is 14.1. The quantitative estimate of drug-likeness (QED) is 0.885. The van der Waals surface area contributed by atoms with Crippen LogP contribution in [-0.4, -0.2) is 29.5 Å². The van der Waals surface area contributed by atoms with E-state index in [0.717, 1.165) is 6.42 Å². The van der Waals surface area contributed by atoms with Gasteiger partial charge >= 0.3 is 0 Å². The first-order chi connectivity index (χ1) is 8.79. The maximum absolute atomic E-state index is 6.24. The molecular weight excluding hydrogens is 234 g/mol. The fourth-order valence-electron chi connectivity index (χ4n) is 2.77. The summed E-state index contributed by atoms with van der Waals surface area (Å²) in [4.78, 5) is 5.74. The zero-order valence-corrected chi connectivity index (χ0v) is 12.6. The molecule has 1 atom stereocenters. The number of hydrogen-bond acceptors (Lipinski definition) is 2. The van der Waals surface area contributed by atoms with Crippen LogP contribution in [0.5, 0.6) is 0 Å². The van der Waals surface area contributed by atoms with E-state index < -0.39 is 0 Å². The van der Waals surface area contributed by atoms with E-state index in [2.05, 4.69) is 69.0 Å². The van der Waals surface area contributed by atoms with Gasteiger partial charge in [0.05, 0.1) is 0 Å². The number of fused-ring (bicyclic) bond motifs is 1. The monoisotopic (exact) mass is 259 g/mol. The summed E-state index contributed by atoms with van der Waals surface area (Å²) in [5.41, 5.74) is 9.88. The molecule has 1 heterocycles. The van der Waals surface area contributed by atoms with Crippen LogP contribution >= 0.6 is 0 Å². The Bertz CT molecular complexity index is 561. The van der Waals surface area contributed by atoms with E-state index in [1.807, 2.05) is 0 Å². The Balaban J connectivity index is 2.53. The van der Waals surface area contributed by atoms with Crippen molar-refractivity contribution in [1.82, 2.24) is 9.88 Å². The zero-order chi connectivity index (χ0) is 14.2. The standard InChI is InChI=1S/C16H25N3/c1-11-15(12-8-6-7-9-13(12)18-11)14(19(4)5)10-16(2,3)17/h6-9,14,18H,10,17H2,1-5H3. The van der Waals surface area contributed by atoms with Gasteiger partial charge in [-0.2, -0.15) is 0 Å². The van der Waals surface area contributed by atoms with Gasteiger partial charge in [0, 0.05) is 28.2 Å². The van der Waals surface area contributed by atoms with Gasteiger partial charge in [0.15, 0.2) is 0 Å². The van der Waals surface area contributed by atoms with Crippen LogP contribution in [0.15, 0.2) is 24.3 Å². The number of nitrogens with two attached hydrogens (primary N) is 1. The smallest absolute Gasteiger partial charge is 0.0459 e. The minimum Gasteiger partial charge on any atom is -0.358 e. The van der Waals surface area contributed by atoms with Crippen molar-refractivity contribution < 1.29 is 0 Å². The van der Waals surface area contributed by atoms with Gasteiger partial charge in [-0.25, -0.2) is 0 Å². The number of para-hydroxylation sites is 1. The van der Waals surface area contributed by atoms with Crippen molar-refractivity contribution in [3.05, 3.63) is 35.5 Å². The Morgan fingerprint density at radius 2 is 1.89 bits per heavy atom. The molecule has 0 saturated heterocycles. The van der Waals surface area contributed by atoms with Gasteiger partial charge in [-0.1, -0.05) is 18.2 Å². The van der Waals surface area contributed by atoms with Crippen molar-refractivity contribution >= 4 is 10.9 Å². The predicted molar refractivity (Wildman–Crippen MR) is 82.3 cm³/mol. The van der Waals surface area contributed by atoms with Gasteiger partial charge in [0.25, 0.3) is 0 Å². The summed E-state index contributed by atoms with van der Waals surface area (Å²) >= 11 is 0. The summed E-state index contributed by atoms with van der Waals surface area (Å²) < 4.78 is 0. The molecule has 104 valence electrons. The van der Waals surface area contributed by atoms with Crippen LogP contribution in [0.4, 0.5) is 0 Å². The number of aryl methyl sites for hydroxylation is 1. The van der Waals surface area contributed by atoms with Gasteiger partial charge in [0.2, 0.25) is 0 Å². The predicted octanol–water partition coefficient (Wildman–Crippen LogP) is 3.21. The molecule has 0 aliphatic heterocycles. The van der Waals surface area contributed by atoms with Crippen LogP contribution in [0.3, 0.4) is 0 Å². The summed E-state index contributed by atoms with van der Waals surface area (Å²) in [5.74, 6) is 0. The molecule has 0 aliphatic rings. The molecule has 1 unspecified atom stereocenters. The lowest BCUT2D eigenvalue weighted by Gasteiger charge is -2.31. The van der Waals surface area contributed by atoms with Crippen molar-refractivity contribution in [3.8, 4) is 0 Å². The van der Waals surface area contributed by atoms with Crippen LogP contribution in [0.25, 0.3) is 10.9 Å². The maximum atomic E-state index is 6.24. The zero-order valence-electron chi connectivity index (χ0n) is 12.6. The largest absolute Gasteiger partial charge is 0.358 e. The van der Waals surface area contributed by atoms with Crippen molar-refractivity contribution in [2.24, 2.45) is 5.73 Å². The molecule has 0 saturated carbocycles. The van der Waals surface area contributed by atoms with Crippen LogP contribution in [0.1, 0.15) is 37.6 Å². The summed E-state index contributed by atoms with van der Waals surface area (Å²) in [6.45, 7) is 6.33. The molecule has 3 N–H and O–H groups in total. The average molecular weight is 259 g/mol. The van der Waals surface area contributed by atoms with Crippen molar-refractivity contribution in [2.75, 3.05) is 14.1 Å². The molecule has 19 heavy (non-hydrogen) atoms. The van der Waals surface area contributed by atoms with Crippen LogP contribution in [0.2, 0.25) is 0 Å². The van der Waals surface area contributed by atoms with E-state index in [-0.39, 0.29) is 5.54 Å². The number of nitrogens with zero attached hydrogens (tertiary/aromatic N) is 1. The normalized spacial score (nSPS) is 14.3. The fourth-order valence-corrected chi connectivity index (χ4v) is 2.77. The second-order valence-corrected chi connectivity index (χ2v) is 6.38. The SMILES string of the molecule is Cc1[nH]c2ccccc2c1C(CC(C)(C)N)N(C)C. The van der Waals surface area contributed by atoms with Gasteiger partial charge in [-0.3, -0.25) is 0 Å². The molecule has 3 nitrogen and oxygen atoms in total. The Hall–Kier alpha value is -1.32. The topological polar surface area (TPSA) is 45.1 Å². The molecule has 2 rings (SSSR count). The average Bonchev–Trinajstić information content (AvgIpc) is 2.60. The van der Waals surface area contributed by atoms with Crippen LogP contribution < -0.4 is 5.73 Å². The Morgan fingerprint density at radius 3 is 2.47 bits per heavy atom. The second-order valence-electron chi connectivity index (χ2n) is 6.38. The third-order valence-corrected chi connectivity index (χ3v) is 3.62. The highest BCUT2D eigenvalue weighted by atomic mass is 15.1. The van der Waals surface area contributed by atoms with E-state index in [4.69, 9.17) is 5.73 Å². The Kier molecular flexibility index (Phi) is 3.70. The Labute approximate surface area is 115 Å². The lowest BCUT2D eigenvalue weighted by molar-refractivity contribution is 0.243. The lowest BCUT2D eigenvalue weighted by atomic mass is 9.90. The first-order valence-corrected chi connectivity index (χ1v) is 6.82. The minimum atomic E-state index is -0.181. The number of hydrogen-bond donors (Lipinski definition) is 2. The highest BCUT2D eigenvalue weighted by molar-refractivity contribution is 5.85. The van der Waals surface area contributed by atoms with Gasteiger partial charge in [-0.15, -0.1) is 0 Å². The third-order valence-electron chi connectivity index (χ3n) is 3.62. The highest BCUT2D eigenvalue weighted by Crippen LogP contribution is 2.34. The van der Waals surface area contributed by atoms with E-state index in [1.165, 1.54) is 22.2 Å². The lowest BCUT2D eigenvalue weighted by Crippen LogP contribution is -2.37. The molecule has 0 amide bonds. The van der Waals surface area contributed by atoms with Crippen LogP contribution in [-0.2, 0) is 0 Å². The number of nitrogens with one attached hydrogen (secondary N) is 1. The van der Waals surface area contributed by atoms with E-state index in [0.29, 0.717) is 6.04 Å². The maximum Gasteiger partial charge on any atom is 0.0459 e. The van der Waals surface area contributed by atoms with Crippen LogP contribution in [0, 0.1) is 6.92 Å². The number of rotatable bonds is 4. The molecule has 0 fully saturated rings. The summed E-state index contributed by atoms with van der Waals surface area (Å²) in [6, 6.07) is 8.82. The van der Waals surface area contributed by atoms with E-state index >= 15 is 0 Å². The molecule has 0 spiro atoms. The fraction of sp³-hybridized carbons (Fsp3) is 0.500. The van der Waals surface area contributed by atoms with Gasteiger partial charge in [-0.05, 0) is 52.9 Å². The third kappa shape index (κ3) is 2.99. The van der Waals surface area contributed by atoms with Crippen molar-refractivity contribution in [2.45, 2.75) is 38.8 Å². The molecule has 3 heteroatoms. The molecule has 1 aromatic heterocycles. The van der Waals surface area contributed by atoms with Gasteiger partial charge < -0.3 is 15.6 Å². The molecule has 0 radical (unpaired) electrons. The molecule has 0 bridgehead atoms. The van der Waals surface area contributed by atoms with Gasteiger partial charge in [0.1, 0.15) is 0 Å². The molecule has 1 aromatic carbocycles. The number of aromatic amines is 1. The minimum absolute atomic E-state index is 0.181. The van der Waals surface area contributed by atoms with E-state index in [9.17, 15) is 0 Å². The molecule has 2 aromatic rings. The number of H-pyrrole nitrogens is 1. The summed E-state index contributed by atoms with van der Waals surface area (Å²) in [6.07, 6.45) is 0.933. The molecular formula is C16H25N3. The Morgan fingerprint density at radius 1 is 1.26 bits per heavy atom. The second kappa shape index (κ2) is 4.99. The van der Waals surface area contributed by atoms with Crippen molar-refractivity contribution in [1.29, 1.82) is 0 Å². The highest BCUT2D eigenvalue weighted by Gasteiger charge is 2.26. The number of benzene rings is 1. The first-order valence-electron chi connectivity index (χ1n) is 6.82. The van der Waals surface area contributed by atoms with E-state index in [1.54, 1.807) is 0 Å². The molecule has 0 aliphatic carbocycles. The number of aromatic nitrogens is 1. The summed E-state index contributed by atoms with van der Waals surface area (Å²) in [7, 11) is 4.25. The van der Waals surface area contributed by atoms with Crippen molar-refractivity contribution in [3.63, 3.8) is 0 Å².